The summed E-state index contributed by atoms with van der Waals surface area (Å²) in [4.78, 5) is 12.0. The second kappa shape index (κ2) is 7.97. The van der Waals surface area contributed by atoms with E-state index >= 15 is 0 Å². The number of aliphatic hydroxyl groups is 1. The Morgan fingerprint density at radius 1 is 1.40 bits per heavy atom. The SMILES string of the molecule is COc1cc(C(=O)NCC(C)CCO)cc(Cl)c1OC. The average molecular weight is 302 g/mol. The van der Waals surface area contributed by atoms with Gasteiger partial charge in [0.15, 0.2) is 11.5 Å². The molecule has 0 saturated heterocycles. The molecule has 0 spiro atoms. The molecule has 0 aliphatic rings. The molecule has 1 aromatic carbocycles. The van der Waals surface area contributed by atoms with Crippen molar-refractivity contribution in [2.75, 3.05) is 27.4 Å². The Morgan fingerprint density at radius 2 is 2.10 bits per heavy atom. The number of aliphatic hydroxyl groups excluding tert-OH is 1. The summed E-state index contributed by atoms with van der Waals surface area (Å²) in [5.74, 6) is 0.783. The van der Waals surface area contributed by atoms with E-state index in [-0.39, 0.29) is 18.4 Å². The van der Waals surface area contributed by atoms with Crippen LogP contribution in [0.4, 0.5) is 0 Å². The summed E-state index contributed by atoms with van der Waals surface area (Å²) in [6, 6.07) is 3.12. The molecule has 1 unspecified atom stereocenters. The van der Waals surface area contributed by atoms with E-state index in [0.717, 1.165) is 0 Å². The molecular weight excluding hydrogens is 282 g/mol. The molecule has 5 nitrogen and oxygen atoms in total. The van der Waals surface area contributed by atoms with Crippen LogP contribution in [0.5, 0.6) is 11.5 Å². The van der Waals surface area contributed by atoms with E-state index in [2.05, 4.69) is 5.32 Å². The van der Waals surface area contributed by atoms with Crippen LogP contribution in [0.3, 0.4) is 0 Å². The number of ether oxygens (including phenoxy) is 2. The fraction of sp³-hybridized carbons (Fsp3) is 0.500. The number of hydrogen-bond donors (Lipinski definition) is 2. The van der Waals surface area contributed by atoms with Gasteiger partial charge < -0.3 is 19.9 Å². The lowest BCUT2D eigenvalue weighted by Crippen LogP contribution is -2.28. The van der Waals surface area contributed by atoms with Gasteiger partial charge in [0.05, 0.1) is 19.2 Å². The van der Waals surface area contributed by atoms with Crippen molar-refractivity contribution in [1.29, 1.82) is 0 Å². The molecule has 0 bridgehead atoms. The van der Waals surface area contributed by atoms with Crippen LogP contribution in [0.1, 0.15) is 23.7 Å². The molecule has 0 aliphatic heterocycles. The Labute approximate surface area is 123 Å². The molecule has 0 heterocycles. The molecule has 1 atom stereocenters. The number of benzene rings is 1. The minimum absolute atomic E-state index is 0.110. The molecule has 1 aromatic rings. The summed E-state index contributed by atoms with van der Waals surface area (Å²) >= 11 is 6.05. The molecular formula is C14H20ClNO4. The second-order valence-electron chi connectivity index (χ2n) is 4.52. The van der Waals surface area contributed by atoms with E-state index in [0.29, 0.717) is 35.1 Å². The summed E-state index contributed by atoms with van der Waals surface area (Å²) in [6.45, 7) is 2.56. The average Bonchev–Trinajstić information content (AvgIpc) is 2.44. The number of nitrogens with one attached hydrogen (secondary N) is 1. The highest BCUT2D eigenvalue weighted by Gasteiger charge is 2.15. The third-order valence-electron chi connectivity index (χ3n) is 2.93. The normalized spacial score (nSPS) is 11.8. The largest absolute Gasteiger partial charge is 0.493 e. The van der Waals surface area contributed by atoms with Crippen LogP contribution in [0, 0.1) is 5.92 Å². The molecule has 1 amide bonds. The molecule has 0 radical (unpaired) electrons. The lowest BCUT2D eigenvalue weighted by atomic mass is 10.1. The zero-order chi connectivity index (χ0) is 15.1. The second-order valence-corrected chi connectivity index (χ2v) is 4.93. The predicted molar refractivity (Wildman–Crippen MR) is 77.8 cm³/mol. The van der Waals surface area contributed by atoms with Crippen molar-refractivity contribution >= 4 is 17.5 Å². The van der Waals surface area contributed by atoms with Gasteiger partial charge in [-0.05, 0) is 24.5 Å². The van der Waals surface area contributed by atoms with Crippen LogP contribution in [0.25, 0.3) is 0 Å². The van der Waals surface area contributed by atoms with Gasteiger partial charge in [-0.25, -0.2) is 0 Å². The molecule has 112 valence electrons. The number of halogens is 1. The molecule has 0 aromatic heterocycles. The fourth-order valence-electron chi connectivity index (χ4n) is 1.74. The van der Waals surface area contributed by atoms with E-state index in [4.69, 9.17) is 26.2 Å². The van der Waals surface area contributed by atoms with Gasteiger partial charge in [-0.1, -0.05) is 18.5 Å². The number of carbonyl (C=O) groups excluding carboxylic acids is 1. The molecule has 20 heavy (non-hydrogen) atoms. The quantitative estimate of drug-likeness (QED) is 0.809. The van der Waals surface area contributed by atoms with Gasteiger partial charge in [0.1, 0.15) is 0 Å². The maximum atomic E-state index is 12.0. The van der Waals surface area contributed by atoms with E-state index < -0.39 is 0 Å². The Kier molecular flexibility index (Phi) is 6.61. The summed E-state index contributed by atoms with van der Waals surface area (Å²) in [5.41, 5.74) is 0.406. The number of methoxy groups -OCH3 is 2. The fourth-order valence-corrected chi connectivity index (χ4v) is 2.03. The van der Waals surface area contributed by atoms with Crippen LogP contribution in [-0.4, -0.2) is 38.4 Å². The van der Waals surface area contributed by atoms with Crippen LogP contribution in [-0.2, 0) is 0 Å². The topological polar surface area (TPSA) is 67.8 Å². The molecule has 1 rings (SSSR count). The molecule has 0 aliphatic carbocycles. The van der Waals surface area contributed by atoms with Gasteiger partial charge in [-0.3, -0.25) is 4.79 Å². The van der Waals surface area contributed by atoms with E-state index in [1.165, 1.54) is 20.3 Å². The van der Waals surface area contributed by atoms with Gasteiger partial charge in [-0.2, -0.15) is 0 Å². The zero-order valence-corrected chi connectivity index (χ0v) is 12.7. The monoisotopic (exact) mass is 301 g/mol. The first-order valence-electron chi connectivity index (χ1n) is 6.34. The highest BCUT2D eigenvalue weighted by Crippen LogP contribution is 2.35. The van der Waals surface area contributed by atoms with Gasteiger partial charge in [0.2, 0.25) is 0 Å². The minimum atomic E-state index is -0.238. The highest BCUT2D eigenvalue weighted by atomic mass is 35.5. The summed E-state index contributed by atoms with van der Waals surface area (Å²) in [6.07, 6.45) is 0.646. The van der Waals surface area contributed by atoms with Crippen LogP contribution in [0.15, 0.2) is 12.1 Å². The van der Waals surface area contributed by atoms with Gasteiger partial charge >= 0.3 is 0 Å². The predicted octanol–water partition coefficient (Wildman–Crippen LogP) is 2.11. The zero-order valence-electron chi connectivity index (χ0n) is 11.9. The van der Waals surface area contributed by atoms with E-state index in [9.17, 15) is 4.79 Å². The van der Waals surface area contributed by atoms with Crippen LogP contribution in [0.2, 0.25) is 5.02 Å². The molecule has 2 N–H and O–H groups in total. The number of amides is 1. The minimum Gasteiger partial charge on any atom is -0.493 e. The van der Waals surface area contributed by atoms with Crippen molar-refractivity contribution in [2.24, 2.45) is 5.92 Å². The smallest absolute Gasteiger partial charge is 0.251 e. The molecule has 0 fully saturated rings. The standard InChI is InChI=1S/C14H20ClNO4/c1-9(4-5-17)8-16-14(18)10-6-11(15)13(20-3)12(7-10)19-2/h6-7,9,17H,4-5,8H2,1-3H3,(H,16,18). The maximum absolute atomic E-state index is 12.0. The summed E-state index contributed by atoms with van der Waals surface area (Å²) in [7, 11) is 2.97. The Hall–Kier alpha value is -1.46. The summed E-state index contributed by atoms with van der Waals surface area (Å²) < 4.78 is 10.3. The maximum Gasteiger partial charge on any atom is 0.251 e. The Morgan fingerprint density at radius 3 is 2.65 bits per heavy atom. The van der Waals surface area contributed by atoms with Crippen molar-refractivity contribution < 1.29 is 19.4 Å². The highest BCUT2D eigenvalue weighted by molar-refractivity contribution is 6.32. The molecule has 6 heteroatoms. The van der Waals surface area contributed by atoms with E-state index in [1.807, 2.05) is 6.92 Å². The van der Waals surface area contributed by atoms with Crippen LogP contribution < -0.4 is 14.8 Å². The van der Waals surface area contributed by atoms with Gasteiger partial charge in [0.25, 0.3) is 5.91 Å². The lowest BCUT2D eigenvalue weighted by Gasteiger charge is -2.13. The summed E-state index contributed by atoms with van der Waals surface area (Å²) in [5, 5.41) is 11.9. The van der Waals surface area contributed by atoms with Crippen molar-refractivity contribution in [1.82, 2.24) is 5.32 Å². The number of rotatable bonds is 7. The first-order valence-corrected chi connectivity index (χ1v) is 6.71. The Bertz CT molecular complexity index is 465. The van der Waals surface area contributed by atoms with Gasteiger partial charge in [0, 0.05) is 18.7 Å². The van der Waals surface area contributed by atoms with Crippen molar-refractivity contribution in [3.63, 3.8) is 0 Å². The number of hydrogen-bond acceptors (Lipinski definition) is 4. The molecule has 0 saturated carbocycles. The van der Waals surface area contributed by atoms with Gasteiger partial charge in [-0.15, -0.1) is 0 Å². The first-order chi connectivity index (χ1) is 9.53. The van der Waals surface area contributed by atoms with E-state index in [1.54, 1.807) is 6.07 Å². The van der Waals surface area contributed by atoms with Crippen molar-refractivity contribution in [2.45, 2.75) is 13.3 Å². The van der Waals surface area contributed by atoms with Crippen molar-refractivity contribution in [3.05, 3.63) is 22.7 Å². The lowest BCUT2D eigenvalue weighted by molar-refractivity contribution is 0.0945. The third-order valence-corrected chi connectivity index (χ3v) is 3.21. The first kappa shape index (κ1) is 16.6. The Balaban J connectivity index is 2.81. The van der Waals surface area contributed by atoms with Crippen LogP contribution >= 0.6 is 11.6 Å². The third kappa shape index (κ3) is 4.28. The number of carbonyl (C=O) groups is 1. The van der Waals surface area contributed by atoms with Crippen molar-refractivity contribution in [3.8, 4) is 11.5 Å².